The molecule has 0 saturated carbocycles. The molecule has 0 bridgehead atoms. The summed E-state index contributed by atoms with van der Waals surface area (Å²) < 4.78 is 5.25. The number of furan rings is 1. The Hall–Kier alpha value is -2.60. The molecule has 0 unspecified atom stereocenters. The summed E-state index contributed by atoms with van der Waals surface area (Å²) in [5.74, 6) is 1.97. The van der Waals surface area contributed by atoms with E-state index in [9.17, 15) is 4.79 Å². The van der Waals surface area contributed by atoms with Crippen LogP contribution in [0.2, 0.25) is 0 Å². The lowest BCUT2D eigenvalue weighted by Gasteiger charge is -2.12. The summed E-state index contributed by atoms with van der Waals surface area (Å²) in [6.45, 7) is 4.21. The van der Waals surface area contributed by atoms with E-state index in [4.69, 9.17) is 4.42 Å². The number of hydrogen-bond donors (Lipinski definition) is 1. The average Bonchev–Trinajstić information content (AvgIpc) is 3.14. The van der Waals surface area contributed by atoms with Gasteiger partial charge in [0.15, 0.2) is 5.82 Å². The number of aromatic nitrogens is 2. The van der Waals surface area contributed by atoms with Gasteiger partial charge in [-0.2, -0.15) is 0 Å². The van der Waals surface area contributed by atoms with Crippen molar-refractivity contribution in [2.75, 3.05) is 5.75 Å². The zero-order chi connectivity index (χ0) is 17.6. The van der Waals surface area contributed by atoms with Gasteiger partial charge in [0, 0.05) is 5.56 Å². The third kappa shape index (κ3) is 4.09. The molecule has 0 aliphatic heterocycles. The first kappa shape index (κ1) is 17.2. The summed E-state index contributed by atoms with van der Waals surface area (Å²) in [6.07, 6.45) is 1.59. The highest BCUT2D eigenvalue weighted by Crippen LogP contribution is 2.26. The zero-order valence-corrected chi connectivity index (χ0v) is 15.0. The minimum Gasteiger partial charge on any atom is -0.467 e. The van der Waals surface area contributed by atoms with Crippen LogP contribution in [0.5, 0.6) is 0 Å². The fraction of sp³-hybridized carbons (Fsp3) is 0.211. The SMILES string of the molecule is CCSc1nc(-c2ccccc2)nc(C)c1C(=O)NCc1ccco1. The number of thioether (sulfide) groups is 1. The van der Waals surface area contributed by atoms with Crippen LogP contribution in [0.3, 0.4) is 0 Å². The van der Waals surface area contributed by atoms with Crippen LogP contribution >= 0.6 is 11.8 Å². The fourth-order valence-electron chi connectivity index (χ4n) is 2.43. The Morgan fingerprint density at radius 1 is 1.16 bits per heavy atom. The van der Waals surface area contributed by atoms with Gasteiger partial charge in [-0.15, -0.1) is 11.8 Å². The van der Waals surface area contributed by atoms with Crippen LogP contribution in [0.1, 0.15) is 28.7 Å². The summed E-state index contributed by atoms with van der Waals surface area (Å²) in [7, 11) is 0. The smallest absolute Gasteiger partial charge is 0.256 e. The van der Waals surface area contributed by atoms with Crippen LogP contribution in [-0.2, 0) is 6.54 Å². The number of rotatable bonds is 6. The first-order chi connectivity index (χ1) is 12.2. The Labute approximate surface area is 150 Å². The Kier molecular flexibility index (Phi) is 5.50. The average molecular weight is 353 g/mol. The summed E-state index contributed by atoms with van der Waals surface area (Å²) in [5, 5.41) is 3.57. The van der Waals surface area contributed by atoms with Crippen molar-refractivity contribution in [3.05, 3.63) is 65.7 Å². The van der Waals surface area contributed by atoms with Crippen LogP contribution in [0.4, 0.5) is 0 Å². The number of carbonyl (C=O) groups is 1. The van der Waals surface area contributed by atoms with E-state index in [1.807, 2.05) is 50.2 Å². The van der Waals surface area contributed by atoms with Crippen molar-refractivity contribution in [1.82, 2.24) is 15.3 Å². The fourth-order valence-corrected chi connectivity index (χ4v) is 3.24. The van der Waals surface area contributed by atoms with E-state index in [2.05, 4.69) is 15.3 Å². The van der Waals surface area contributed by atoms with Crippen LogP contribution in [0, 0.1) is 6.92 Å². The molecule has 6 heteroatoms. The van der Waals surface area contributed by atoms with Gasteiger partial charge >= 0.3 is 0 Å². The van der Waals surface area contributed by atoms with Crippen molar-refractivity contribution in [3.8, 4) is 11.4 Å². The third-order valence-corrected chi connectivity index (χ3v) is 4.46. The van der Waals surface area contributed by atoms with Crippen LogP contribution < -0.4 is 5.32 Å². The molecular formula is C19H19N3O2S. The van der Waals surface area contributed by atoms with E-state index in [1.54, 1.807) is 24.1 Å². The summed E-state index contributed by atoms with van der Waals surface area (Å²) in [5.41, 5.74) is 2.13. The molecule has 0 saturated heterocycles. The first-order valence-corrected chi connectivity index (χ1v) is 9.05. The first-order valence-electron chi connectivity index (χ1n) is 8.06. The van der Waals surface area contributed by atoms with E-state index in [1.165, 1.54) is 0 Å². The van der Waals surface area contributed by atoms with Crippen molar-refractivity contribution in [3.63, 3.8) is 0 Å². The number of hydrogen-bond acceptors (Lipinski definition) is 5. The molecule has 3 rings (SSSR count). The molecule has 1 aromatic carbocycles. The van der Waals surface area contributed by atoms with Crippen molar-refractivity contribution in [2.45, 2.75) is 25.4 Å². The van der Waals surface area contributed by atoms with Gasteiger partial charge in [0.25, 0.3) is 5.91 Å². The second-order valence-corrected chi connectivity index (χ2v) is 6.63. The molecule has 0 atom stereocenters. The maximum Gasteiger partial charge on any atom is 0.256 e. The molecule has 3 aromatic rings. The van der Waals surface area contributed by atoms with Crippen LogP contribution in [0.25, 0.3) is 11.4 Å². The Balaban J connectivity index is 1.91. The van der Waals surface area contributed by atoms with Crippen LogP contribution in [0.15, 0.2) is 58.2 Å². The maximum atomic E-state index is 12.7. The molecule has 128 valence electrons. The number of carbonyl (C=O) groups excluding carboxylic acids is 1. The van der Waals surface area contributed by atoms with E-state index < -0.39 is 0 Å². The number of nitrogens with one attached hydrogen (secondary N) is 1. The minimum atomic E-state index is -0.190. The van der Waals surface area contributed by atoms with Crippen molar-refractivity contribution >= 4 is 17.7 Å². The van der Waals surface area contributed by atoms with Gasteiger partial charge in [0.2, 0.25) is 0 Å². The molecule has 2 aromatic heterocycles. The van der Waals surface area contributed by atoms with E-state index >= 15 is 0 Å². The Morgan fingerprint density at radius 2 is 1.96 bits per heavy atom. The third-order valence-electron chi connectivity index (χ3n) is 3.60. The lowest BCUT2D eigenvalue weighted by Crippen LogP contribution is -2.25. The predicted molar refractivity (Wildman–Crippen MR) is 98.5 cm³/mol. The summed E-state index contributed by atoms with van der Waals surface area (Å²) in [6, 6.07) is 13.4. The largest absolute Gasteiger partial charge is 0.467 e. The Morgan fingerprint density at radius 3 is 2.64 bits per heavy atom. The van der Waals surface area contributed by atoms with E-state index in [-0.39, 0.29) is 5.91 Å². The molecule has 0 radical (unpaired) electrons. The summed E-state index contributed by atoms with van der Waals surface area (Å²) >= 11 is 1.54. The predicted octanol–water partition coefficient (Wildman–Crippen LogP) is 4.09. The number of nitrogens with zero attached hydrogens (tertiary/aromatic N) is 2. The molecule has 5 nitrogen and oxygen atoms in total. The second-order valence-electron chi connectivity index (χ2n) is 5.37. The number of aryl methyl sites for hydroxylation is 1. The Bertz CT molecular complexity index is 849. The lowest BCUT2D eigenvalue weighted by atomic mass is 10.2. The molecule has 25 heavy (non-hydrogen) atoms. The van der Waals surface area contributed by atoms with E-state index in [0.717, 1.165) is 11.3 Å². The zero-order valence-electron chi connectivity index (χ0n) is 14.2. The highest BCUT2D eigenvalue weighted by Gasteiger charge is 2.19. The van der Waals surface area contributed by atoms with Gasteiger partial charge in [-0.1, -0.05) is 37.3 Å². The van der Waals surface area contributed by atoms with E-state index in [0.29, 0.717) is 34.4 Å². The van der Waals surface area contributed by atoms with Crippen LogP contribution in [-0.4, -0.2) is 21.6 Å². The molecule has 0 spiro atoms. The van der Waals surface area contributed by atoms with Gasteiger partial charge in [0.05, 0.1) is 24.1 Å². The van der Waals surface area contributed by atoms with Crippen molar-refractivity contribution in [1.29, 1.82) is 0 Å². The maximum absolute atomic E-state index is 12.7. The normalized spacial score (nSPS) is 10.6. The molecule has 2 heterocycles. The van der Waals surface area contributed by atoms with Crippen molar-refractivity contribution < 1.29 is 9.21 Å². The highest BCUT2D eigenvalue weighted by molar-refractivity contribution is 7.99. The topological polar surface area (TPSA) is 68.0 Å². The highest BCUT2D eigenvalue weighted by atomic mass is 32.2. The van der Waals surface area contributed by atoms with Gasteiger partial charge < -0.3 is 9.73 Å². The lowest BCUT2D eigenvalue weighted by molar-refractivity contribution is 0.0943. The van der Waals surface area contributed by atoms with Gasteiger partial charge in [-0.3, -0.25) is 4.79 Å². The molecular weight excluding hydrogens is 334 g/mol. The van der Waals surface area contributed by atoms with Crippen molar-refractivity contribution in [2.24, 2.45) is 0 Å². The number of benzene rings is 1. The minimum absolute atomic E-state index is 0.190. The summed E-state index contributed by atoms with van der Waals surface area (Å²) in [4.78, 5) is 21.8. The number of amides is 1. The van der Waals surface area contributed by atoms with Gasteiger partial charge in [0.1, 0.15) is 10.8 Å². The molecule has 1 amide bonds. The van der Waals surface area contributed by atoms with Gasteiger partial charge in [-0.05, 0) is 24.8 Å². The molecule has 0 aliphatic rings. The molecule has 0 aliphatic carbocycles. The second kappa shape index (κ2) is 7.98. The standard InChI is InChI=1S/C19H19N3O2S/c1-3-25-19-16(18(23)20-12-15-10-7-11-24-15)13(2)21-17(22-19)14-8-5-4-6-9-14/h4-11H,3,12H2,1-2H3,(H,20,23). The molecule has 1 N–H and O–H groups in total. The molecule has 0 fully saturated rings. The monoisotopic (exact) mass is 353 g/mol. The quantitative estimate of drug-likeness (QED) is 0.534. The van der Waals surface area contributed by atoms with Gasteiger partial charge in [-0.25, -0.2) is 9.97 Å².